The molecule has 148 valence electrons. The lowest BCUT2D eigenvalue weighted by Gasteiger charge is -2.32. The van der Waals surface area contributed by atoms with Crippen molar-refractivity contribution in [3.63, 3.8) is 0 Å². The van der Waals surface area contributed by atoms with Crippen LogP contribution in [-0.4, -0.2) is 40.2 Å². The number of halogens is 5. The molecule has 10 heteroatoms. The van der Waals surface area contributed by atoms with Crippen LogP contribution in [0.5, 0.6) is 5.75 Å². The van der Waals surface area contributed by atoms with Crippen molar-refractivity contribution in [1.82, 2.24) is 5.01 Å². The fourth-order valence-corrected chi connectivity index (χ4v) is 2.83. The predicted molar refractivity (Wildman–Crippen MR) is 95.0 cm³/mol. The van der Waals surface area contributed by atoms with Crippen molar-refractivity contribution < 1.29 is 32.2 Å². The van der Waals surface area contributed by atoms with E-state index < -0.39 is 36.7 Å². The predicted octanol–water partition coefficient (Wildman–Crippen LogP) is 3.85. The molecule has 1 atom stereocenters. The first-order valence-electron chi connectivity index (χ1n) is 7.94. The Kier molecular flexibility index (Phi) is 5.44. The summed E-state index contributed by atoms with van der Waals surface area (Å²) in [5.74, 6) is -1.65. The molecule has 3 rings (SSSR count). The van der Waals surface area contributed by atoms with Crippen LogP contribution in [0.4, 0.5) is 17.6 Å². The first-order valence-corrected chi connectivity index (χ1v) is 8.73. The van der Waals surface area contributed by atoms with Gasteiger partial charge in [0.1, 0.15) is 11.6 Å². The van der Waals surface area contributed by atoms with E-state index in [-0.39, 0.29) is 16.5 Å². The first kappa shape index (κ1) is 20.3. The van der Waals surface area contributed by atoms with Crippen LogP contribution >= 0.6 is 15.9 Å². The van der Waals surface area contributed by atoms with Crippen molar-refractivity contribution in [2.75, 3.05) is 6.61 Å². The summed E-state index contributed by atoms with van der Waals surface area (Å²) >= 11 is 3.22. The van der Waals surface area contributed by atoms with Gasteiger partial charge in [0.2, 0.25) is 0 Å². The molecule has 0 spiro atoms. The Morgan fingerprint density at radius 2 is 1.79 bits per heavy atom. The van der Waals surface area contributed by atoms with Crippen LogP contribution in [0.25, 0.3) is 0 Å². The van der Waals surface area contributed by atoms with Crippen molar-refractivity contribution in [3.05, 3.63) is 64.4 Å². The van der Waals surface area contributed by atoms with E-state index in [1.54, 1.807) is 12.1 Å². The molecule has 0 radical (unpaired) electrons. The monoisotopic (exact) mass is 460 g/mol. The molecule has 0 bridgehead atoms. The summed E-state index contributed by atoms with van der Waals surface area (Å²) in [6, 6.07) is 10.8. The Morgan fingerprint density at radius 1 is 1.18 bits per heavy atom. The second-order valence-electron chi connectivity index (χ2n) is 5.99. The normalized spacial score (nSPS) is 19.5. The molecule has 1 heterocycles. The Morgan fingerprint density at radius 3 is 2.36 bits per heavy atom. The van der Waals surface area contributed by atoms with Crippen LogP contribution in [0, 0.1) is 5.82 Å². The highest BCUT2D eigenvalue weighted by Gasteiger charge is 2.63. The fraction of sp³-hybridized carbons (Fsp3) is 0.222. The minimum Gasteiger partial charge on any atom is -0.484 e. The average molecular weight is 461 g/mol. The van der Waals surface area contributed by atoms with Gasteiger partial charge in [-0.2, -0.15) is 23.3 Å². The van der Waals surface area contributed by atoms with Crippen molar-refractivity contribution in [1.29, 1.82) is 0 Å². The summed E-state index contributed by atoms with van der Waals surface area (Å²) in [6.45, 7) is -0.818. The number of hydrogen-bond donors (Lipinski definition) is 1. The van der Waals surface area contributed by atoms with E-state index in [9.17, 15) is 27.5 Å². The number of hydrazone groups is 1. The number of amides is 1. The van der Waals surface area contributed by atoms with Gasteiger partial charge in [-0.25, -0.2) is 4.39 Å². The number of alkyl halides is 3. The van der Waals surface area contributed by atoms with Crippen LogP contribution in [0.15, 0.2) is 58.1 Å². The smallest absolute Gasteiger partial charge is 0.438 e. The van der Waals surface area contributed by atoms with Crippen LogP contribution in [-0.2, 0) is 4.79 Å². The third-order valence-corrected chi connectivity index (χ3v) is 4.56. The van der Waals surface area contributed by atoms with Crippen molar-refractivity contribution in [2.24, 2.45) is 5.10 Å². The standard InChI is InChI=1S/C18H13BrF4N2O3/c19-12-3-1-11(2-4-12)15-9-17(27,18(21,22)23)25(24-15)16(26)10-28-14-7-5-13(20)6-8-14/h1-8,27H,9-10H2/t17-/m1/s1. The lowest BCUT2D eigenvalue weighted by Crippen LogP contribution is -2.57. The van der Waals surface area contributed by atoms with E-state index in [0.717, 1.165) is 12.1 Å². The molecule has 2 aromatic carbocycles. The topological polar surface area (TPSA) is 62.1 Å². The van der Waals surface area contributed by atoms with Crippen molar-refractivity contribution in [3.8, 4) is 5.75 Å². The van der Waals surface area contributed by atoms with E-state index in [1.807, 2.05) is 0 Å². The van der Waals surface area contributed by atoms with Crippen LogP contribution in [0.3, 0.4) is 0 Å². The zero-order chi connectivity index (χ0) is 20.5. The molecule has 0 saturated heterocycles. The van der Waals surface area contributed by atoms with Crippen LogP contribution in [0.1, 0.15) is 12.0 Å². The molecule has 28 heavy (non-hydrogen) atoms. The van der Waals surface area contributed by atoms with Crippen molar-refractivity contribution in [2.45, 2.75) is 18.3 Å². The largest absolute Gasteiger partial charge is 0.484 e. The highest BCUT2D eigenvalue weighted by Crippen LogP contribution is 2.41. The summed E-state index contributed by atoms with van der Waals surface area (Å²) in [5.41, 5.74) is -3.25. The third kappa shape index (κ3) is 4.02. The van der Waals surface area contributed by atoms with Gasteiger partial charge in [-0.1, -0.05) is 28.1 Å². The van der Waals surface area contributed by atoms with Gasteiger partial charge >= 0.3 is 6.18 Å². The number of aliphatic hydroxyl groups is 1. The van der Waals surface area contributed by atoms with E-state index >= 15 is 0 Å². The van der Waals surface area contributed by atoms with E-state index in [2.05, 4.69) is 21.0 Å². The zero-order valence-corrected chi connectivity index (χ0v) is 15.7. The molecule has 0 saturated carbocycles. The van der Waals surface area contributed by atoms with Crippen molar-refractivity contribution >= 4 is 27.5 Å². The van der Waals surface area contributed by atoms with Gasteiger partial charge in [0.15, 0.2) is 6.61 Å². The molecule has 1 aliphatic rings. The van der Waals surface area contributed by atoms with Crippen LogP contribution in [0.2, 0.25) is 0 Å². The lowest BCUT2D eigenvalue weighted by atomic mass is 10.0. The molecule has 0 aliphatic carbocycles. The average Bonchev–Trinajstić information content (AvgIpc) is 3.00. The Hall–Kier alpha value is -2.46. The van der Waals surface area contributed by atoms with E-state index in [1.165, 1.54) is 24.3 Å². The molecule has 1 aliphatic heterocycles. The number of carbonyl (C=O) groups excluding carboxylic acids is 1. The van der Waals surface area contributed by atoms with Gasteiger partial charge < -0.3 is 9.84 Å². The van der Waals surface area contributed by atoms with Gasteiger partial charge in [-0.15, -0.1) is 0 Å². The Bertz CT molecular complexity index is 901. The molecule has 2 aromatic rings. The quantitative estimate of drug-likeness (QED) is 0.704. The number of benzene rings is 2. The maximum Gasteiger partial charge on any atom is 0.438 e. The first-order chi connectivity index (χ1) is 13.1. The molecule has 0 aromatic heterocycles. The summed E-state index contributed by atoms with van der Waals surface area (Å²) < 4.78 is 59.2. The molecular weight excluding hydrogens is 448 g/mol. The zero-order valence-electron chi connectivity index (χ0n) is 14.1. The number of nitrogens with zero attached hydrogens (tertiary/aromatic N) is 2. The summed E-state index contributed by atoms with van der Waals surface area (Å²) in [5, 5.41) is 13.9. The molecular formula is C18H13BrF4N2O3. The molecule has 1 N–H and O–H groups in total. The van der Waals surface area contributed by atoms with Crippen LogP contribution < -0.4 is 4.74 Å². The molecule has 0 unspecified atom stereocenters. The van der Waals surface area contributed by atoms with Gasteiger partial charge in [0.05, 0.1) is 12.1 Å². The second kappa shape index (κ2) is 7.51. The number of ether oxygens (including phenoxy) is 1. The van der Waals surface area contributed by atoms with Gasteiger partial charge in [-0.05, 0) is 42.0 Å². The number of carbonyl (C=O) groups is 1. The van der Waals surface area contributed by atoms with E-state index in [0.29, 0.717) is 10.0 Å². The summed E-state index contributed by atoms with van der Waals surface area (Å²) in [7, 11) is 0. The molecule has 5 nitrogen and oxygen atoms in total. The minimum absolute atomic E-state index is 0.00605. The molecule has 1 amide bonds. The summed E-state index contributed by atoms with van der Waals surface area (Å²) in [6.07, 6.45) is -6.06. The number of rotatable bonds is 4. The summed E-state index contributed by atoms with van der Waals surface area (Å²) in [4.78, 5) is 12.3. The lowest BCUT2D eigenvalue weighted by molar-refractivity contribution is -0.302. The van der Waals surface area contributed by atoms with Gasteiger partial charge in [0.25, 0.3) is 11.6 Å². The van der Waals surface area contributed by atoms with Gasteiger partial charge in [-0.3, -0.25) is 4.79 Å². The van der Waals surface area contributed by atoms with Gasteiger partial charge in [0, 0.05) is 4.47 Å². The minimum atomic E-state index is -5.14. The highest BCUT2D eigenvalue weighted by molar-refractivity contribution is 9.10. The Balaban J connectivity index is 1.84. The fourth-order valence-electron chi connectivity index (χ4n) is 2.57. The second-order valence-corrected chi connectivity index (χ2v) is 6.91. The Labute approximate surface area is 165 Å². The van der Waals surface area contributed by atoms with E-state index in [4.69, 9.17) is 4.74 Å². The molecule has 0 fully saturated rings. The maximum atomic E-state index is 13.5. The maximum absolute atomic E-state index is 13.5. The number of hydrogen-bond acceptors (Lipinski definition) is 4. The third-order valence-electron chi connectivity index (χ3n) is 4.03. The SMILES string of the molecule is O=C(COc1ccc(F)cc1)N1N=C(c2ccc(Br)cc2)C[C@@]1(O)C(F)(F)F. The highest BCUT2D eigenvalue weighted by atomic mass is 79.9.